The van der Waals surface area contributed by atoms with Crippen LogP contribution in [0.15, 0.2) is 28.2 Å². The number of hydrogen-bond donors (Lipinski definition) is 0. The van der Waals surface area contributed by atoms with Crippen molar-refractivity contribution in [2.45, 2.75) is 32.4 Å². The number of nitrogens with zero attached hydrogens (tertiary/aromatic N) is 2. The maximum absolute atomic E-state index is 12.6. The van der Waals surface area contributed by atoms with E-state index in [0.717, 1.165) is 30.2 Å². The van der Waals surface area contributed by atoms with Crippen molar-refractivity contribution in [2.75, 3.05) is 13.2 Å². The van der Waals surface area contributed by atoms with Crippen LogP contribution in [0.4, 0.5) is 0 Å². The minimum absolute atomic E-state index is 0.0637. The molecule has 0 aliphatic carbocycles. The molecular formula is C15H18N2O3S. The Labute approximate surface area is 127 Å². The molecule has 2 aromatic rings. The van der Waals surface area contributed by atoms with Gasteiger partial charge in [0.05, 0.1) is 23.9 Å². The maximum atomic E-state index is 12.6. The molecule has 0 bridgehead atoms. The molecule has 5 nitrogen and oxygen atoms in total. The molecular weight excluding hydrogens is 288 g/mol. The van der Waals surface area contributed by atoms with Crippen molar-refractivity contribution in [1.29, 1.82) is 0 Å². The first-order chi connectivity index (χ1) is 10.2. The Kier molecular flexibility index (Phi) is 4.36. The molecule has 1 aliphatic heterocycles. The number of ether oxygens (including phenoxy) is 1. The molecule has 0 saturated carbocycles. The molecule has 0 spiro atoms. The van der Waals surface area contributed by atoms with Crippen molar-refractivity contribution in [3.63, 3.8) is 0 Å². The van der Waals surface area contributed by atoms with E-state index < -0.39 is 0 Å². The van der Waals surface area contributed by atoms with Gasteiger partial charge in [-0.15, -0.1) is 11.3 Å². The summed E-state index contributed by atoms with van der Waals surface area (Å²) in [6, 6.07) is 3.71. The van der Waals surface area contributed by atoms with E-state index >= 15 is 0 Å². The molecule has 3 heterocycles. The first-order valence-corrected chi connectivity index (χ1v) is 7.96. The largest absolute Gasteiger partial charge is 0.467 e. The average molecular weight is 306 g/mol. The third-order valence-electron chi connectivity index (χ3n) is 3.50. The zero-order chi connectivity index (χ0) is 14.7. The fourth-order valence-electron chi connectivity index (χ4n) is 2.47. The molecule has 1 fully saturated rings. The molecule has 1 amide bonds. The number of furan rings is 1. The van der Waals surface area contributed by atoms with Crippen LogP contribution >= 0.6 is 11.3 Å². The van der Waals surface area contributed by atoms with Crippen LogP contribution in [0.2, 0.25) is 0 Å². The van der Waals surface area contributed by atoms with E-state index in [4.69, 9.17) is 9.15 Å². The summed E-state index contributed by atoms with van der Waals surface area (Å²) in [4.78, 5) is 18.7. The van der Waals surface area contributed by atoms with Crippen molar-refractivity contribution < 1.29 is 13.9 Å². The molecule has 1 saturated heterocycles. The number of rotatable bonds is 5. The Balaban J connectivity index is 1.75. The van der Waals surface area contributed by atoms with Gasteiger partial charge in [0, 0.05) is 18.5 Å². The van der Waals surface area contributed by atoms with Gasteiger partial charge >= 0.3 is 0 Å². The van der Waals surface area contributed by atoms with E-state index in [1.807, 2.05) is 24.4 Å². The molecule has 112 valence electrons. The first-order valence-electron chi connectivity index (χ1n) is 7.08. The highest BCUT2D eigenvalue weighted by atomic mass is 32.1. The standard InChI is InChI=1S/C15H18N2O3S/c1-11-16-14(10-21-11)15(18)17(8-12-4-2-6-19-12)9-13-5-3-7-20-13/h2,4,6,10,13H,3,5,7-9H2,1H3. The van der Waals surface area contributed by atoms with Gasteiger partial charge in [0.15, 0.2) is 0 Å². The van der Waals surface area contributed by atoms with E-state index in [1.54, 1.807) is 11.2 Å². The van der Waals surface area contributed by atoms with E-state index in [2.05, 4.69) is 4.98 Å². The summed E-state index contributed by atoms with van der Waals surface area (Å²) >= 11 is 1.49. The highest BCUT2D eigenvalue weighted by Crippen LogP contribution is 2.18. The van der Waals surface area contributed by atoms with Crippen LogP contribution in [-0.4, -0.2) is 35.0 Å². The highest BCUT2D eigenvalue weighted by Gasteiger charge is 2.25. The Hall–Kier alpha value is -1.66. The number of thiazole rings is 1. The lowest BCUT2D eigenvalue weighted by Gasteiger charge is -2.23. The number of carbonyl (C=O) groups excluding carboxylic acids is 1. The Morgan fingerprint density at radius 3 is 3.10 bits per heavy atom. The number of aryl methyl sites for hydroxylation is 1. The zero-order valence-corrected chi connectivity index (χ0v) is 12.8. The van der Waals surface area contributed by atoms with Crippen molar-refractivity contribution in [2.24, 2.45) is 0 Å². The molecule has 6 heteroatoms. The topological polar surface area (TPSA) is 55.6 Å². The third kappa shape index (κ3) is 3.51. The number of amides is 1. The van der Waals surface area contributed by atoms with Gasteiger partial charge in [0.25, 0.3) is 5.91 Å². The van der Waals surface area contributed by atoms with Crippen molar-refractivity contribution in [3.05, 3.63) is 40.2 Å². The van der Waals surface area contributed by atoms with Gasteiger partial charge in [0.2, 0.25) is 0 Å². The van der Waals surface area contributed by atoms with Gasteiger partial charge in [-0.3, -0.25) is 4.79 Å². The molecule has 1 aliphatic rings. The predicted octanol–water partition coefficient (Wildman–Crippen LogP) is 2.87. The van der Waals surface area contributed by atoms with Crippen LogP contribution in [0.25, 0.3) is 0 Å². The predicted molar refractivity (Wildman–Crippen MR) is 79.3 cm³/mol. The number of aromatic nitrogens is 1. The summed E-state index contributed by atoms with van der Waals surface area (Å²) in [5.74, 6) is 0.708. The van der Waals surface area contributed by atoms with E-state index in [1.165, 1.54) is 11.3 Å². The van der Waals surface area contributed by atoms with Gasteiger partial charge in [-0.2, -0.15) is 0 Å². The first kappa shape index (κ1) is 14.3. The normalized spacial score (nSPS) is 18.0. The van der Waals surface area contributed by atoms with E-state index in [9.17, 15) is 4.79 Å². The minimum Gasteiger partial charge on any atom is -0.467 e. The summed E-state index contributed by atoms with van der Waals surface area (Å²) in [5.41, 5.74) is 0.502. The lowest BCUT2D eigenvalue weighted by molar-refractivity contribution is 0.0487. The smallest absolute Gasteiger partial charge is 0.273 e. The van der Waals surface area contributed by atoms with Crippen molar-refractivity contribution in [3.8, 4) is 0 Å². The Morgan fingerprint density at radius 2 is 2.48 bits per heavy atom. The monoisotopic (exact) mass is 306 g/mol. The van der Waals surface area contributed by atoms with Gasteiger partial charge in [-0.1, -0.05) is 0 Å². The lowest BCUT2D eigenvalue weighted by Crippen LogP contribution is -2.37. The summed E-state index contributed by atoms with van der Waals surface area (Å²) in [6.07, 6.45) is 3.79. The van der Waals surface area contributed by atoms with Crippen LogP contribution in [-0.2, 0) is 11.3 Å². The number of carbonyl (C=O) groups is 1. The average Bonchev–Trinajstić information content (AvgIpc) is 3.19. The molecule has 0 aromatic carbocycles. The Bertz CT molecular complexity index is 588. The van der Waals surface area contributed by atoms with Crippen LogP contribution in [0.5, 0.6) is 0 Å². The fourth-order valence-corrected chi connectivity index (χ4v) is 3.05. The summed E-state index contributed by atoms with van der Waals surface area (Å²) in [5, 5.41) is 2.70. The second kappa shape index (κ2) is 6.41. The minimum atomic E-state index is -0.0637. The van der Waals surface area contributed by atoms with Crippen LogP contribution in [0.3, 0.4) is 0 Å². The Morgan fingerprint density at radius 1 is 1.57 bits per heavy atom. The van der Waals surface area contributed by atoms with Crippen molar-refractivity contribution in [1.82, 2.24) is 9.88 Å². The third-order valence-corrected chi connectivity index (χ3v) is 4.27. The van der Waals surface area contributed by atoms with E-state index in [0.29, 0.717) is 18.8 Å². The second-order valence-electron chi connectivity index (χ2n) is 5.15. The van der Waals surface area contributed by atoms with Gasteiger partial charge in [-0.25, -0.2) is 4.98 Å². The van der Waals surface area contributed by atoms with Gasteiger partial charge < -0.3 is 14.1 Å². The molecule has 0 N–H and O–H groups in total. The summed E-state index contributed by atoms with van der Waals surface area (Å²) < 4.78 is 11.0. The SMILES string of the molecule is Cc1nc(C(=O)N(Cc2ccco2)CC2CCCO2)cs1. The molecule has 1 atom stereocenters. The van der Waals surface area contributed by atoms with Gasteiger partial charge in [0.1, 0.15) is 11.5 Å². The van der Waals surface area contributed by atoms with Crippen molar-refractivity contribution >= 4 is 17.2 Å². The van der Waals surface area contributed by atoms with Crippen LogP contribution < -0.4 is 0 Å². The van der Waals surface area contributed by atoms with Gasteiger partial charge in [-0.05, 0) is 31.9 Å². The van der Waals surface area contributed by atoms with E-state index in [-0.39, 0.29) is 12.0 Å². The maximum Gasteiger partial charge on any atom is 0.273 e. The summed E-state index contributed by atoms with van der Waals surface area (Å²) in [7, 11) is 0. The summed E-state index contributed by atoms with van der Waals surface area (Å²) in [6.45, 7) is 3.71. The molecule has 0 radical (unpaired) electrons. The molecule has 21 heavy (non-hydrogen) atoms. The lowest BCUT2D eigenvalue weighted by atomic mass is 10.2. The fraction of sp³-hybridized carbons (Fsp3) is 0.467. The highest BCUT2D eigenvalue weighted by molar-refractivity contribution is 7.09. The molecule has 3 rings (SSSR count). The molecule has 2 aromatic heterocycles. The zero-order valence-electron chi connectivity index (χ0n) is 11.9. The molecule has 1 unspecified atom stereocenters. The van der Waals surface area contributed by atoms with Crippen LogP contribution in [0.1, 0.15) is 34.1 Å². The quantitative estimate of drug-likeness (QED) is 0.852. The number of hydrogen-bond acceptors (Lipinski definition) is 5. The second-order valence-corrected chi connectivity index (χ2v) is 6.21. The van der Waals surface area contributed by atoms with Crippen LogP contribution in [0, 0.1) is 6.92 Å².